The van der Waals surface area contributed by atoms with Crippen molar-refractivity contribution in [1.29, 1.82) is 0 Å². The molecule has 0 radical (unpaired) electrons. The zero-order valence-electron chi connectivity index (χ0n) is 10.8. The van der Waals surface area contributed by atoms with E-state index in [1.165, 1.54) is 12.1 Å². The molecular weight excluding hydrogens is 293 g/mol. The molecule has 1 amide bonds. The van der Waals surface area contributed by atoms with Crippen molar-refractivity contribution < 1.29 is 27.8 Å². The molecule has 1 saturated heterocycles. The van der Waals surface area contributed by atoms with Gasteiger partial charge in [0.05, 0.1) is 6.54 Å². The number of aliphatic hydroxyl groups is 1. The lowest BCUT2D eigenvalue weighted by molar-refractivity contribution is -0.154. The molecule has 2 rings (SSSR count). The third-order valence-electron chi connectivity index (χ3n) is 3.04. The number of hydrogen-bond donors (Lipinski definition) is 2. The predicted molar refractivity (Wildman–Crippen MR) is 64.6 cm³/mol. The van der Waals surface area contributed by atoms with E-state index in [0.717, 1.165) is 0 Å². The summed E-state index contributed by atoms with van der Waals surface area (Å²) in [6.45, 7) is -1.16. The van der Waals surface area contributed by atoms with Crippen LogP contribution in [0.3, 0.4) is 0 Å². The van der Waals surface area contributed by atoms with Crippen LogP contribution in [0, 0.1) is 0 Å². The molecule has 21 heavy (non-hydrogen) atoms. The lowest BCUT2D eigenvalue weighted by Gasteiger charge is -2.20. The van der Waals surface area contributed by atoms with Crippen LogP contribution in [0.15, 0.2) is 12.1 Å². The Labute approximate surface area is 117 Å². The third-order valence-corrected chi connectivity index (χ3v) is 3.04. The van der Waals surface area contributed by atoms with Crippen LogP contribution in [0.1, 0.15) is 6.42 Å². The molecule has 10 heteroatoms. The first-order valence-electron chi connectivity index (χ1n) is 6.00. The number of halogens is 3. The van der Waals surface area contributed by atoms with Crippen molar-refractivity contribution in [3.63, 3.8) is 0 Å². The summed E-state index contributed by atoms with van der Waals surface area (Å²) < 4.78 is 40.3. The van der Waals surface area contributed by atoms with Crippen molar-refractivity contribution in [3.8, 4) is 5.88 Å². The van der Waals surface area contributed by atoms with Gasteiger partial charge in [0.2, 0.25) is 5.88 Å². The quantitative estimate of drug-likeness (QED) is 0.802. The van der Waals surface area contributed by atoms with Crippen LogP contribution in [0.2, 0.25) is 0 Å². The zero-order chi connectivity index (χ0) is 15.7. The molecule has 1 aliphatic rings. The fourth-order valence-electron chi connectivity index (χ4n) is 1.90. The maximum absolute atomic E-state index is 12.0. The number of nitrogens with two attached hydrogens (primary N) is 1. The molecule has 116 valence electrons. The fraction of sp³-hybridized carbons (Fsp3) is 0.545. The van der Waals surface area contributed by atoms with Crippen LogP contribution in [0.4, 0.5) is 19.0 Å². The molecule has 1 unspecified atom stereocenters. The Morgan fingerprint density at radius 2 is 2.19 bits per heavy atom. The molecule has 0 aliphatic carbocycles. The minimum atomic E-state index is -4.45. The van der Waals surface area contributed by atoms with Crippen LogP contribution in [0.5, 0.6) is 5.88 Å². The fourth-order valence-corrected chi connectivity index (χ4v) is 1.90. The molecular formula is C11H13F3N4O3. The number of amides is 1. The normalized spacial score (nSPS) is 22.4. The van der Waals surface area contributed by atoms with Gasteiger partial charge in [-0.05, 0) is 6.07 Å². The largest absolute Gasteiger partial charge is 0.467 e. The number of alkyl halides is 3. The summed E-state index contributed by atoms with van der Waals surface area (Å²) in [7, 11) is 0. The maximum atomic E-state index is 12.0. The number of nitrogens with zero attached hydrogens (tertiary/aromatic N) is 3. The van der Waals surface area contributed by atoms with Gasteiger partial charge in [-0.15, -0.1) is 10.2 Å². The van der Waals surface area contributed by atoms with E-state index in [1.807, 2.05) is 0 Å². The summed E-state index contributed by atoms with van der Waals surface area (Å²) >= 11 is 0. The Morgan fingerprint density at radius 3 is 2.67 bits per heavy atom. The molecule has 3 N–H and O–H groups in total. The smallest absolute Gasteiger partial charge is 0.422 e. The monoisotopic (exact) mass is 306 g/mol. The van der Waals surface area contributed by atoms with Gasteiger partial charge in [0, 0.05) is 19.0 Å². The minimum absolute atomic E-state index is 0.0419. The summed E-state index contributed by atoms with van der Waals surface area (Å²) in [6, 6.07) is 2.63. The SMILES string of the molecule is NC(=O)C1(O)CCN(c2ccc(OCC(F)(F)F)nn2)C1. The standard InChI is InChI=1S/C11H13F3N4O3/c12-11(13,14)6-21-8-2-1-7(16-17-8)18-4-3-10(20,5-18)9(15)19/h1-2,20H,3-6H2,(H2,15,19). The van der Waals surface area contributed by atoms with Crippen LogP contribution in [-0.2, 0) is 4.79 Å². The molecule has 1 aromatic rings. The second-order valence-corrected chi connectivity index (χ2v) is 4.70. The van der Waals surface area contributed by atoms with Crippen molar-refractivity contribution >= 4 is 11.7 Å². The molecule has 1 atom stereocenters. The van der Waals surface area contributed by atoms with E-state index in [9.17, 15) is 23.1 Å². The minimum Gasteiger partial charge on any atom is -0.467 e. The number of primary amides is 1. The van der Waals surface area contributed by atoms with Crippen molar-refractivity contribution in [3.05, 3.63) is 12.1 Å². The number of carbonyl (C=O) groups excluding carboxylic acids is 1. The van der Waals surface area contributed by atoms with Crippen molar-refractivity contribution in [1.82, 2.24) is 10.2 Å². The lowest BCUT2D eigenvalue weighted by atomic mass is 10.0. The highest BCUT2D eigenvalue weighted by molar-refractivity contribution is 5.84. The van der Waals surface area contributed by atoms with Crippen LogP contribution >= 0.6 is 0 Å². The highest BCUT2D eigenvalue weighted by Gasteiger charge is 2.41. The lowest BCUT2D eigenvalue weighted by Crippen LogP contribution is -2.46. The van der Waals surface area contributed by atoms with Crippen LogP contribution in [-0.4, -0.2) is 52.7 Å². The molecule has 2 heterocycles. The molecule has 1 aliphatic heterocycles. The van der Waals surface area contributed by atoms with Gasteiger partial charge in [-0.1, -0.05) is 0 Å². The van der Waals surface area contributed by atoms with E-state index >= 15 is 0 Å². The van der Waals surface area contributed by atoms with Gasteiger partial charge in [-0.3, -0.25) is 4.79 Å². The summed E-state index contributed by atoms with van der Waals surface area (Å²) in [5.41, 5.74) is 3.47. The number of anilines is 1. The number of carbonyl (C=O) groups is 1. The van der Waals surface area contributed by atoms with Crippen LogP contribution < -0.4 is 15.4 Å². The summed E-state index contributed by atoms with van der Waals surface area (Å²) in [5, 5.41) is 17.1. The summed E-state index contributed by atoms with van der Waals surface area (Å²) in [4.78, 5) is 12.7. The van der Waals surface area contributed by atoms with Crippen LogP contribution in [0.25, 0.3) is 0 Å². The molecule has 0 saturated carbocycles. The van der Waals surface area contributed by atoms with Gasteiger partial charge in [0.1, 0.15) is 0 Å². The second kappa shape index (κ2) is 5.35. The van der Waals surface area contributed by atoms with Gasteiger partial charge in [0.25, 0.3) is 5.91 Å². The Balaban J connectivity index is 1.99. The molecule has 7 nitrogen and oxygen atoms in total. The number of ether oxygens (including phenoxy) is 1. The third kappa shape index (κ3) is 3.72. The van der Waals surface area contributed by atoms with Gasteiger partial charge < -0.3 is 20.5 Å². The number of hydrogen-bond acceptors (Lipinski definition) is 6. The Kier molecular flexibility index (Phi) is 3.90. The molecule has 1 aromatic heterocycles. The first-order chi connectivity index (χ1) is 9.70. The van der Waals surface area contributed by atoms with Gasteiger partial charge in [-0.2, -0.15) is 13.2 Å². The number of β-amino-alcohol motifs (C(OH)–C–C–N with tert-alkyl or cyclic N) is 1. The average Bonchev–Trinajstić information content (AvgIpc) is 2.80. The zero-order valence-corrected chi connectivity index (χ0v) is 10.8. The Hall–Kier alpha value is -2.10. The van der Waals surface area contributed by atoms with Gasteiger partial charge in [-0.25, -0.2) is 0 Å². The van der Waals surface area contributed by atoms with Gasteiger partial charge >= 0.3 is 6.18 Å². The average molecular weight is 306 g/mol. The first kappa shape index (κ1) is 15.3. The molecule has 0 aromatic carbocycles. The van der Waals surface area contributed by atoms with E-state index < -0.39 is 24.3 Å². The summed E-state index contributed by atoms with van der Waals surface area (Å²) in [5.74, 6) is -0.782. The van der Waals surface area contributed by atoms with E-state index in [-0.39, 0.29) is 18.8 Å². The molecule has 1 fully saturated rings. The predicted octanol–water partition coefficient (Wildman–Crippen LogP) is -0.156. The van der Waals surface area contributed by atoms with Crippen molar-refractivity contribution in [2.45, 2.75) is 18.2 Å². The van der Waals surface area contributed by atoms with E-state index in [2.05, 4.69) is 14.9 Å². The van der Waals surface area contributed by atoms with Gasteiger partial charge in [0.15, 0.2) is 18.0 Å². The Bertz CT molecular complexity index is 522. The highest BCUT2D eigenvalue weighted by atomic mass is 19.4. The first-order valence-corrected chi connectivity index (χ1v) is 6.00. The van der Waals surface area contributed by atoms with E-state index in [4.69, 9.17) is 5.73 Å². The van der Waals surface area contributed by atoms with E-state index in [1.54, 1.807) is 4.90 Å². The molecule has 0 bridgehead atoms. The van der Waals surface area contributed by atoms with Crippen molar-refractivity contribution in [2.75, 3.05) is 24.6 Å². The maximum Gasteiger partial charge on any atom is 0.422 e. The summed E-state index contributed by atoms with van der Waals surface area (Å²) in [6.07, 6.45) is -4.30. The second-order valence-electron chi connectivity index (χ2n) is 4.70. The topological polar surface area (TPSA) is 102 Å². The van der Waals surface area contributed by atoms with E-state index in [0.29, 0.717) is 12.4 Å². The number of rotatable bonds is 4. The van der Waals surface area contributed by atoms with Crippen molar-refractivity contribution in [2.24, 2.45) is 5.73 Å². The highest BCUT2D eigenvalue weighted by Crippen LogP contribution is 2.25. The number of aromatic nitrogens is 2. The Morgan fingerprint density at radius 1 is 1.48 bits per heavy atom. The molecule has 0 spiro atoms.